The van der Waals surface area contributed by atoms with Crippen molar-refractivity contribution in [3.63, 3.8) is 0 Å². The Morgan fingerprint density at radius 2 is 1.27 bits per heavy atom. The summed E-state index contributed by atoms with van der Waals surface area (Å²) in [5, 5.41) is 10.2. The molecule has 3 N–H and O–H groups in total. The summed E-state index contributed by atoms with van der Waals surface area (Å²) in [7, 11) is 0. The first kappa shape index (κ1) is 26.7. The molecule has 0 heterocycles. The van der Waals surface area contributed by atoms with Crippen molar-refractivity contribution >= 4 is 57.3 Å². The molecule has 0 aliphatic carbocycles. The van der Waals surface area contributed by atoms with Crippen LogP contribution in [0.4, 0.5) is 17.1 Å². The minimum atomic E-state index is -0.539. The Hall–Kier alpha value is -4.88. The van der Waals surface area contributed by atoms with E-state index in [0.717, 1.165) is 21.2 Å². The number of hydrogen-bond acceptors (Lipinski definition) is 4. The first-order valence-electron chi connectivity index (χ1n) is 12.7. The van der Waals surface area contributed by atoms with Crippen molar-refractivity contribution in [1.82, 2.24) is 0 Å². The van der Waals surface area contributed by atoms with Gasteiger partial charge >= 0.3 is 0 Å². The van der Waals surface area contributed by atoms with E-state index in [0.29, 0.717) is 22.6 Å². The van der Waals surface area contributed by atoms with Gasteiger partial charge in [0.2, 0.25) is 11.8 Å². The van der Waals surface area contributed by atoms with Crippen LogP contribution in [-0.2, 0) is 9.59 Å². The van der Waals surface area contributed by atoms with Gasteiger partial charge in [0.05, 0.1) is 0 Å². The summed E-state index contributed by atoms with van der Waals surface area (Å²) >= 11 is 1.40. The lowest BCUT2D eigenvalue weighted by atomic mass is 10.1. The highest BCUT2D eigenvalue weighted by Crippen LogP contribution is 2.37. The molecule has 5 aromatic rings. The van der Waals surface area contributed by atoms with E-state index in [1.54, 1.807) is 24.3 Å². The van der Waals surface area contributed by atoms with Crippen LogP contribution in [0.2, 0.25) is 0 Å². The van der Waals surface area contributed by atoms with E-state index in [2.05, 4.69) is 16.0 Å². The fourth-order valence-corrected chi connectivity index (χ4v) is 5.35. The van der Waals surface area contributed by atoms with Gasteiger partial charge in [-0.15, -0.1) is 11.8 Å². The van der Waals surface area contributed by atoms with Crippen molar-refractivity contribution in [2.75, 3.05) is 16.0 Å². The van der Waals surface area contributed by atoms with E-state index >= 15 is 0 Å². The minimum Gasteiger partial charge on any atom is -0.326 e. The Kier molecular flexibility index (Phi) is 8.23. The topological polar surface area (TPSA) is 87.3 Å². The number of amides is 3. The third-order valence-electron chi connectivity index (χ3n) is 6.17. The maximum atomic E-state index is 13.5. The third-order valence-corrected chi connectivity index (χ3v) is 7.42. The number of thioether (sulfide) groups is 1. The molecule has 1 atom stereocenters. The van der Waals surface area contributed by atoms with Crippen LogP contribution in [-0.4, -0.2) is 17.7 Å². The lowest BCUT2D eigenvalue weighted by Gasteiger charge is -2.18. The molecule has 3 amide bonds. The van der Waals surface area contributed by atoms with Gasteiger partial charge in [0.1, 0.15) is 5.25 Å². The van der Waals surface area contributed by atoms with Crippen LogP contribution in [0.5, 0.6) is 0 Å². The zero-order valence-corrected chi connectivity index (χ0v) is 22.6. The van der Waals surface area contributed by atoms with Gasteiger partial charge in [-0.25, -0.2) is 0 Å². The lowest BCUT2D eigenvalue weighted by Crippen LogP contribution is -2.19. The zero-order chi connectivity index (χ0) is 27.9. The number of hydrogen-bond donors (Lipinski definition) is 3. The van der Waals surface area contributed by atoms with Crippen LogP contribution < -0.4 is 16.0 Å². The summed E-state index contributed by atoms with van der Waals surface area (Å²) in [4.78, 5) is 38.6. The van der Waals surface area contributed by atoms with E-state index in [-0.39, 0.29) is 17.7 Å². The summed E-state index contributed by atoms with van der Waals surface area (Å²) in [5.74, 6) is -0.546. The average Bonchev–Trinajstić information content (AvgIpc) is 2.97. The second-order valence-electron chi connectivity index (χ2n) is 9.20. The molecule has 198 valence electrons. The molecular formula is C33H27N3O3S. The van der Waals surface area contributed by atoms with Gasteiger partial charge in [0.25, 0.3) is 5.91 Å². The first-order valence-corrected chi connectivity index (χ1v) is 13.6. The van der Waals surface area contributed by atoms with Crippen molar-refractivity contribution in [3.8, 4) is 0 Å². The molecule has 5 rings (SSSR count). The van der Waals surface area contributed by atoms with Crippen LogP contribution in [0.1, 0.15) is 28.1 Å². The van der Waals surface area contributed by atoms with E-state index in [1.807, 2.05) is 97.1 Å². The van der Waals surface area contributed by atoms with E-state index in [9.17, 15) is 14.4 Å². The maximum absolute atomic E-state index is 13.5. The van der Waals surface area contributed by atoms with Gasteiger partial charge in [0.15, 0.2) is 0 Å². The van der Waals surface area contributed by atoms with E-state index in [1.165, 1.54) is 18.7 Å². The van der Waals surface area contributed by atoms with Gasteiger partial charge in [-0.2, -0.15) is 0 Å². The molecule has 0 aromatic heterocycles. The van der Waals surface area contributed by atoms with Gasteiger partial charge in [-0.3, -0.25) is 14.4 Å². The standard InChI is InChI=1S/C33H27N3O3S/c1-22(37)34-27-16-18-28(19-17-27)35-33(39)31(24-9-3-2-4-10-24)40-30-13-7-12-29(21-30)36-32(38)26-15-14-23-8-5-6-11-25(23)20-26/h2-21,31H,1H3,(H,34,37)(H,35,39)(H,36,38). The van der Waals surface area contributed by atoms with Crippen molar-refractivity contribution in [1.29, 1.82) is 0 Å². The monoisotopic (exact) mass is 545 g/mol. The van der Waals surface area contributed by atoms with Crippen molar-refractivity contribution in [3.05, 3.63) is 132 Å². The second kappa shape index (κ2) is 12.3. The SMILES string of the molecule is CC(=O)Nc1ccc(NC(=O)C(Sc2cccc(NC(=O)c3ccc4ccccc4c3)c2)c2ccccc2)cc1. The summed E-state index contributed by atoms with van der Waals surface area (Å²) in [6, 6.07) is 37.5. The van der Waals surface area contributed by atoms with Gasteiger partial charge in [-0.1, -0.05) is 66.7 Å². The Morgan fingerprint density at radius 3 is 2.00 bits per heavy atom. The molecule has 0 bridgehead atoms. The largest absolute Gasteiger partial charge is 0.326 e. The number of nitrogens with one attached hydrogen (secondary N) is 3. The molecule has 6 nitrogen and oxygen atoms in total. The van der Waals surface area contributed by atoms with Crippen molar-refractivity contribution in [2.24, 2.45) is 0 Å². The molecule has 0 aliphatic rings. The number of carbonyl (C=O) groups is 3. The van der Waals surface area contributed by atoms with Gasteiger partial charge in [0, 0.05) is 34.4 Å². The predicted octanol–water partition coefficient (Wildman–Crippen LogP) is 7.52. The number of fused-ring (bicyclic) bond motifs is 1. The van der Waals surface area contributed by atoms with Crippen LogP contribution in [0.25, 0.3) is 10.8 Å². The smallest absolute Gasteiger partial charge is 0.255 e. The normalized spacial score (nSPS) is 11.4. The molecule has 0 saturated heterocycles. The van der Waals surface area contributed by atoms with Crippen LogP contribution in [0.15, 0.2) is 126 Å². The zero-order valence-electron chi connectivity index (χ0n) is 21.8. The fourth-order valence-electron chi connectivity index (χ4n) is 4.27. The molecule has 5 aromatic carbocycles. The Bertz CT molecular complexity index is 1670. The highest BCUT2D eigenvalue weighted by Gasteiger charge is 2.22. The van der Waals surface area contributed by atoms with Gasteiger partial charge < -0.3 is 16.0 Å². The van der Waals surface area contributed by atoms with Crippen molar-refractivity contribution < 1.29 is 14.4 Å². The summed E-state index contributed by atoms with van der Waals surface area (Å²) in [5.41, 5.74) is 3.34. The summed E-state index contributed by atoms with van der Waals surface area (Å²) < 4.78 is 0. The highest BCUT2D eigenvalue weighted by atomic mass is 32.2. The quantitative estimate of drug-likeness (QED) is 0.176. The molecule has 7 heteroatoms. The molecule has 0 radical (unpaired) electrons. The fraction of sp³-hybridized carbons (Fsp3) is 0.0606. The van der Waals surface area contributed by atoms with E-state index < -0.39 is 5.25 Å². The van der Waals surface area contributed by atoms with Crippen LogP contribution in [0.3, 0.4) is 0 Å². The molecular weight excluding hydrogens is 518 g/mol. The van der Waals surface area contributed by atoms with Crippen LogP contribution in [0, 0.1) is 0 Å². The number of benzene rings is 5. The Labute approximate surface area is 236 Å². The molecule has 1 unspecified atom stereocenters. The van der Waals surface area contributed by atoms with Crippen molar-refractivity contribution in [2.45, 2.75) is 17.1 Å². The molecule has 40 heavy (non-hydrogen) atoms. The maximum Gasteiger partial charge on any atom is 0.255 e. The molecule has 0 spiro atoms. The summed E-state index contributed by atoms with van der Waals surface area (Å²) in [6.45, 7) is 1.45. The number of rotatable bonds is 8. The van der Waals surface area contributed by atoms with Crippen LogP contribution >= 0.6 is 11.8 Å². The predicted molar refractivity (Wildman–Crippen MR) is 163 cm³/mol. The first-order chi connectivity index (χ1) is 19.4. The summed E-state index contributed by atoms with van der Waals surface area (Å²) in [6.07, 6.45) is 0. The molecule has 0 saturated carbocycles. The lowest BCUT2D eigenvalue weighted by molar-refractivity contribution is -0.116. The highest BCUT2D eigenvalue weighted by molar-refractivity contribution is 8.00. The third kappa shape index (κ3) is 6.76. The Balaban J connectivity index is 1.32. The minimum absolute atomic E-state index is 0.159. The average molecular weight is 546 g/mol. The second-order valence-corrected chi connectivity index (χ2v) is 10.4. The molecule has 0 aliphatic heterocycles. The number of anilines is 3. The molecule has 0 fully saturated rings. The van der Waals surface area contributed by atoms with E-state index in [4.69, 9.17) is 0 Å². The Morgan fingerprint density at radius 1 is 0.600 bits per heavy atom. The number of carbonyl (C=O) groups excluding carboxylic acids is 3. The van der Waals surface area contributed by atoms with Gasteiger partial charge in [-0.05, 0) is 70.9 Å².